The maximum absolute atomic E-state index is 15.3. The Labute approximate surface area is 239 Å². The largest absolute Gasteiger partial charge is 0.341 e. The van der Waals surface area contributed by atoms with Gasteiger partial charge in [0.05, 0.1) is 31.0 Å². The van der Waals surface area contributed by atoms with Crippen molar-refractivity contribution in [2.24, 2.45) is 7.05 Å². The maximum atomic E-state index is 15.3. The number of piperidine rings is 1. The molecule has 2 aromatic heterocycles. The van der Waals surface area contributed by atoms with Crippen LogP contribution in [0.25, 0.3) is 11.1 Å². The van der Waals surface area contributed by atoms with Crippen LogP contribution in [0.3, 0.4) is 0 Å². The van der Waals surface area contributed by atoms with Crippen molar-refractivity contribution in [3.05, 3.63) is 47.7 Å². The summed E-state index contributed by atoms with van der Waals surface area (Å²) in [6.07, 6.45) is 5.87. The van der Waals surface area contributed by atoms with Gasteiger partial charge in [0.1, 0.15) is 5.82 Å². The highest BCUT2D eigenvalue weighted by Gasteiger charge is 2.32. The molecule has 0 spiro atoms. The molecule has 0 radical (unpaired) electrons. The number of rotatable bonds is 6. The van der Waals surface area contributed by atoms with Crippen molar-refractivity contribution < 1.29 is 14.0 Å². The van der Waals surface area contributed by atoms with Gasteiger partial charge < -0.3 is 20.4 Å². The minimum Gasteiger partial charge on any atom is -0.341 e. The van der Waals surface area contributed by atoms with E-state index in [2.05, 4.69) is 25.3 Å². The zero-order valence-electron chi connectivity index (χ0n) is 23.8. The number of aromatic nitrogens is 4. The topological polar surface area (TPSA) is 104 Å². The lowest BCUT2D eigenvalue weighted by Gasteiger charge is -2.35. The zero-order valence-corrected chi connectivity index (χ0v) is 23.8. The van der Waals surface area contributed by atoms with Crippen molar-refractivity contribution in [1.29, 1.82) is 0 Å². The number of nitrogens with one attached hydrogen (secondary N) is 2. The van der Waals surface area contributed by atoms with E-state index in [-0.39, 0.29) is 23.7 Å². The van der Waals surface area contributed by atoms with Gasteiger partial charge in [-0.25, -0.2) is 4.39 Å². The van der Waals surface area contributed by atoms with E-state index in [1.165, 1.54) is 6.07 Å². The summed E-state index contributed by atoms with van der Waals surface area (Å²) in [6.45, 7) is 8.16. The summed E-state index contributed by atoms with van der Waals surface area (Å²) in [6, 6.07) is 5.22. The van der Waals surface area contributed by atoms with Crippen LogP contribution in [-0.4, -0.2) is 98.4 Å². The summed E-state index contributed by atoms with van der Waals surface area (Å²) in [5.41, 5.74) is 3.94. The van der Waals surface area contributed by atoms with Gasteiger partial charge in [0.15, 0.2) is 5.82 Å². The molecule has 2 saturated heterocycles. The average Bonchev–Trinajstić information content (AvgIpc) is 3.58. The first-order valence-corrected chi connectivity index (χ1v) is 14.5. The highest BCUT2D eigenvalue weighted by Crippen LogP contribution is 2.34. The Morgan fingerprint density at radius 1 is 1.07 bits per heavy atom. The third-order valence-electron chi connectivity index (χ3n) is 8.52. The molecule has 3 aliphatic heterocycles. The zero-order chi connectivity index (χ0) is 28.5. The number of carbonyl (C=O) groups excluding carboxylic acids is 2. The first-order valence-electron chi connectivity index (χ1n) is 14.5. The molecule has 6 rings (SSSR count). The molecule has 11 nitrogen and oxygen atoms in total. The van der Waals surface area contributed by atoms with Gasteiger partial charge >= 0.3 is 0 Å². The Morgan fingerprint density at radius 2 is 1.85 bits per heavy atom. The van der Waals surface area contributed by atoms with Gasteiger partial charge in [-0.1, -0.05) is 6.07 Å². The van der Waals surface area contributed by atoms with E-state index < -0.39 is 0 Å². The molecule has 3 aliphatic rings. The fourth-order valence-electron chi connectivity index (χ4n) is 6.13. The molecular formula is C29H38FN9O2. The van der Waals surface area contributed by atoms with Crippen molar-refractivity contribution in [2.75, 3.05) is 57.7 Å². The molecule has 0 unspecified atom stereocenters. The van der Waals surface area contributed by atoms with Crippen molar-refractivity contribution in [3.8, 4) is 11.1 Å². The number of halogens is 1. The predicted molar refractivity (Wildman–Crippen MR) is 153 cm³/mol. The van der Waals surface area contributed by atoms with E-state index >= 15 is 4.39 Å². The van der Waals surface area contributed by atoms with Crippen LogP contribution >= 0.6 is 0 Å². The highest BCUT2D eigenvalue weighted by atomic mass is 19.1. The van der Waals surface area contributed by atoms with Crippen LogP contribution in [0.1, 0.15) is 37.1 Å². The van der Waals surface area contributed by atoms with E-state index in [1.807, 2.05) is 24.2 Å². The minimum atomic E-state index is -0.384. The summed E-state index contributed by atoms with van der Waals surface area (Å²) in [5, 5.41) is 15.7. The summed E-state index contributed by atoms with van der Waals surface area (Å²) >= 11 is 0. The summed E-state index contributed by atoms with van der Waals surface area (Å²) in [4.78, 5) is 31.2. The Hall–Kier alpha value is -3.77. The SMILES string of the molecule is CC(=O)N1CCc2c(c(Nc3ccc(-c4cnn(C)c4)cc3F)nn2C2CCN(C(=O)CN3CCNCC3)CC2)C1. The second kappa shape index (κ2) is 11.6. The number of amides is 2. The number of benzene rings is 1. The number of fused-ring (bicyclic) bond motifs is 1. The van der Waals surface area contributed by atoms with E-state index in [0.29, 0.717) is 50.6 Å². The number of anilines is 2. The molecule has 2 N–H and O–H groups in total. The first-order chi connectivity index (χ1) is 19.9. The standard InChI is InChI=1S/C29H38FN9O2/c1-20(40)38-12-7-27-24(18-38)29(33-26-4-3-21(15-25(26)30)22-16-32-35(2)17-22)34-39(27)23-5-10-37(11-6-23)28(41)19-36-13-8-31-9-14-36/h3-4,15-17,23,31H,5-14,18-19H2,1-2H3,(H,33,34). The number of nitrogens with zero attached hydrogens (tertiary/aromatic N) is 7. The predicted octanol–water partition coefficient (Wildman–Crippen LogP) is 2.14. The Morgan fingerprint density at radius 3 is 2.54 bits per heavy atom. The van der Waals surface area contributed by atoms with Gasteiger partial charge in [-0.15, -0.1) is 0 Å². The molecule has 2 fully saturated rings. The van der Waals surface area contributed by atoms with Crippen molar-refractivity contribution in [1.82, 2.24) is 39.6 Å². The van der Waals surface area contributed by atoms with Gasteiger partial charge in [-0.05, 0) is 30.5 Å². The molecule has 2 amide bonds. The van der Waals surface area contributed by atoms with Crippen molar-refractivity contribution >= 4 is 23.3 Å². The van der Waals surface area contributed by atoms with Crippen LogP contribution in [0.4, 0.5) is 15.9 Å². The Kier molecular flexibility index (Phi) is 7.76. The fourth-order valence-corrected chi connectivity index (χ4v) is 6.13. The lowest BCUT2D eigenvalue weighted by Crippen LogP contribution is -2.49. The Balaban J connectivity index is 1.19. The number of aryl methyl sites for hydroxylation is 1. The molecule has 0 atom stereocenters. The monoisotopic (exact) mass is 563 g/mol. The molecule has 0 saturated carbocycles. The average molecular weight is 564 g/mol. The quantitative estimate of drug-likeness (QED) is 0.474. The normalized spacial score (nSPS) is 18.4. The molecular weight excluding hydrogens is 525 g/mol. The van der Waals surface area contributed by atoms with Crippen molar-refractivity contribution in [2.45, 2.75) is 38.8 Å². The van der Waals surface area contributed by atoms with Crippen LogP contribution < -0.4 is 10.6 Å². The van der Waals surface area contributed by atoms with Gasteiger partial charge in [0.2, 0.25) is 11.8 Å². The van der Waals surface area contributed by atoms with Gasteiger partial charge in [-0.3, -0.25) is 23.9 Å². The first kappa shape index (κ1) is 27.4. The second-order valence-electron chi connectivity index (χ2n) is 11.3. The molecule has 1 aromatic carbocycles. The number of hydrogen-bond acceptors (Lipinski definition) is 7. The Bertz CT molecular complexity index is 1420. The molecule has 12 heteroatoms. The van der Waals surface area contributed by atoms with Gasteiger partial charge in [0, 0.05) is 89.2 Å². The lowest BCUT2D eigenvalue weighted by atomic mass is 10.0. The molecule has 0 aliphatic carbocycles. The van der Waals surface area contributed by atoms with Crippen LogP contribution in [0.15, 0.2) is 30.6 Å². The van der Waals surface area contributed by atoms with Gasteiger partial charge in [0.25, 0.3) is 0 Å². The number of carbonyl (C=O) groups is 2. The molecule has 0 bridgehead atoms. The maximum Gasteiger partial charge on any atom is 0.236 e. The van der Waals surface area contributed by atoms with Crippen LogP contribution in [-0.2, 0) is 29.6 Å². The van der Waals surface area contributed by atoms with E-state index in [9.17, 15) is 9.59 Å². The number of piperazine rings is 1. The molecule has 3 aromatic rings. The second-order valence-corrected chi connectivity index (χ2v) is 11.3. The smallest absolute Gasteiger partial charge is 0.236 e. The third kappa shape index (κ3) is 5.84. The van der Waals surface area contributed by atoms with Gasteiger partial charge in [-0.2, -0.15) is 10.2 Å². The number of likely N-dealkylation sites (tertiary alicyclic amines) is 1. The third-order valence-corrected chi connectivity index (χ3v) is 8.52. The number of hydrogen-bond donors (Lipinski definition) is 2. The van der Waals surface area contributed by atoms with E-state index in [0.717, 1.165) is 61.4 Å². The molecule has 41 heavy (non-hydrogen) atoms. The molecule has 218 valence electrons. The minimum absolute atomic E-state index is 0.0117. The highest BCUT2D eigenvalue weighted by molar-refractivity contribution is 5.78. The van der Waals surface area contributed by atoms with Crippen LogP contribution in [0, 0.1) is 5.82 Å². The summed E-state index contributed by atoms with van der Waals surface area (Å²) < 4.78 is 19.0. The van der Waals surface area contributed by atoms with E-state index in [1.54, 1.807) is 28.8 Å². The lowest BCUT2D eigenvalue weighted by molar-refractivity contribution is -0.134. The van der Waals surface area contributed by atoms with Crippen molar-refractivity contribution in [3.63, 3.8) is 0 Å². The van der Waals surface area contributed by atoms with E-state index in [4.69, 9.17) is 5.10 Å². The fraction of sp³-hybridized carbons (Fsp3) is 0.517. The summed E-state index contributed by atoms with van der Waals surface area (Å²) in [5.74, 6) is 0.400. The molecule has 5 heterocycles. The van der Waals surface area contributed by atoms with Crippen LogP contribution in [0.2, 0.25) is 0 Å². The summed E-state index contributed by atoms with van der Waals surface area (Å²) in [7, 11) is 1.83. The van der Waals surface area contributed by atoms with Crippen LogP contribution in [0.5, 0.6) is 0 Å².